The summed E-state index contributed by atoms with van der Waals surface area (Å²) in [6.45, 7) is 0.577. The van der Waals surface area contributed by atoms with Gasteiger partial charge in [-0.15, -0.1) is 0 Å². The first-order chi connectivity index (χ1) is 10.9. The van der Waals surface area contributed by atoms with Crippen molar-refractivity contribution in [1.29, 1.82) is 0 Å². The molecule has 8 heteroatoms. The van der Waals surface area contributed by atoms with E-state index in [2.05, 4.69) is 10.1 Å². The third-order valence-corrected chi connectivity index (χ3v) is 4.40. The van der Waals surface area contributed by atoms with Crippen molar-refractivity contribution in [3.63, 3.8) is 0 Å². The molecule has 1 aliphatic heterocycles. The van der Waals surface area contributed by atoms with Crippen molar-refractivity contribution in [1.82, 2.24) is 19.7 Å². The van der Waals surface area contributed by atoms with Crippen LogP contribution < -0.4 is 0 Å². The van der Waals surface area contributed by atoms with Gasteiger partial charge in [0.15, 0.2) is 5.69 Å². The second kappa shape index (κ2) is 5.90. The molecule has 2 aromatic heterocycles. The Balaban J connectivity index is 1.75. The van der Waals surface area contributed by atoms with E-state index >= 15 is 0 Å². The minimum absolute atomic E-state index is 0.169. The van der Waals surface area contributed by atoms with Gasteiger partial charge < -0.3 is 10.0 Å². The Kier molecular flexibility index (Phi) is 4.08. The van der Waals surface area contributed by atoms with Gasteiger partial charge in [-0.3, -0.25) is 9.48 Å². The first-order valence-corrected chi connectivity index (χ1v) is 7.60. The summed E-state index contributed by atoms with van der Waals surface area (Å²) in [6.07, 6.45) is 3.35. The number of nitrogens with zero attached hydrogens (tertiary/aromatic N) is 4. The predicted molar refractivity (Wildman–Crippen MR) is 81.4 cm³/mol. The molecule has 122 valence electrons. The lowest BCUT2D eigenvalue weighted by molar-refractivity contribution is -0.0242. The molecular weight excluding hydrogens is 323 g/mol. The van der Waals surface area contributed by atoms with Gasteiger partial charge in [0.05, 0.1) is 10.6 Å². The Bertz CT molecular complexity index is 741. The van der Waals surface area contributed by atoms with Gasteiger partial charge in [0.2, 0.25) is 5.95 Å². The molecule has 0 atom stereocenters. The molecule has 0 bridgehead atoms. The molecule has 0 saturated carbocycles. The second-order valence-corrected chi connectivity index (χ2v) is 6.07. The molecule has 6 nitrogen and oxygen atoms in total. The van der Waals surface area contributed by atoms with E-state index in [4.69, 9.17) is 11.6 Å². The summed E-state index contributed by atoms with van der Waals surface area (Å²) >= 11 is 5.99. The number of carbonyl (C=O) groups excluding carboxylic acids is 1. The molecule has 2 aromatic rings. The first kappa shape index (κ1) is 15.9. The Labute approximate surface area is 137 Å². The minimum Gasteiger partial charge on any atom is -0.385 e. The lowest BCUT2D eigenvalue weighted by atomic mass is 9.85. The highest BCUT2D eigenvalue weighted by Crippen LogP contribution is 2.34. The summed E-state index contributed by atoms with van der Waals surface area (Å²) in [5, 5.41) is 15.0. The van der Waals surface area contributed by atoms with Crippen LogP contribution >= 0.6 is 11.6 Å². The number of hydrogen-bond acceptors (Lipinski definition) is 4. The van der Waals surface area contributed by atoms with Crippen LogP contribution in [0.1, 0.15) is 28.9 Å². The Morgan fingerprint density at radius 3 is 2.70 bits per heavy atom. The zero-order chi connectivity index (χ0) is 16.6. The smallest absolute Gasteiger partial charge is 0.275 e. The van der Waals surface area contributed by atoms with E-state index in [-0.39, 0.29) is 48.1 Å². The van der Waals surface area contributed by atoms with Crippen molar-refractivity contribution in [2.45, 2.75) is 18.4 Å². The largest absolute Gasteiger partial charge is 0.385 e. The second-order valence-electron chi connectivity index (χ2n) is 5.66. The highest BCUT2D eigenvalue weighted by molar-refractivity contribution is 6.33. The van der Waals surface area contributed by atoms with Gasteiger partial charge in [-0.25, -0.2) is 4.98 Å². The molecule has 0 radical (unpaired) electrons. The van der Waals surface area contributed by atoms with Crippen LogP contribution in [-0.2, 0) is 12.6 Å². The van der Waals surface area contributed by atoms with Crippen molar-refractivity contribution >= 4 is 17.5 Å². The molecule has 0 aliphatic carbocycles. The van der Waals surface area contributed by atoms with Crippen LogP contribution in [0, 0.1) is 5.95 Å². The number of piperidine rings is 1. The molecule has 0 spiro atoms. The number of aryl methyl sites for hydroxylation is 1. The maximum Gasteiger partial charge on any atom is 0.275 e. The third kappa shape index (κ3) is 2.94. The van der Waals surface area contributed by atoms with E-state index < -0.39 is 11.5 Å². The average molecular weight is 339 g/mol. The van der Waals surface area contributed by atoms with E-state index in [1.165, 1.54) is 16.9 Å². The van der Waals surface area contributed by atoms with Crippen LogP contribution in [-0.4, -0.2) is 43.8 Å². The fourth-order valence-electron chi connectivity index (χ4n) is 2.84. The van der Waals surface area contributed by atoms with Crippen molar-refractivity contribution in [2.75, 3.05) is 13.1 Å². The molecule has 1 aliphatic rings. The molecule has 1 saturated heterocycles. The summed E-state index contributed by atoms with van der Waals surface area (Å²) in [7, 11) is 1.68. The zero-order valence-corrected chi connectivity index (χ0v) is 13.3. The van der Waals surface area contributed by atoms with Crippen LogP contribution in [0.4, 0.5) is 4.39 Å². The zero-order valence-electron chi connectivity index (χ0n) is 12.5. The van der Waals surface area contributed by atoms with Gasteiger partial charge in [0.1, 0.15) is 0 Å². The minimum atomic E-state index is -1.32. The molecule has 23 heavy (non-hydrogen) atoms. The number of likely N-dealkylation sites (tertiary alicyclic amines) is 1. The van der Waals surface area contributed by atoms with Crippen molar-refractivity contribution < 1.29 is 14.3 Å². The standard InChI is InChI=1S/C15H16ClFN4O2/c1-20-9-11(16)12(19-20)14(22)21-7-4-15(23,5-8-21)10-3-2-6-18-13(10)17/h2-3,6,9,23H,4-5,7-8H2,1H3. The molecule has 0 aromatic carbocycles. The Morgan fingerprint density at radius 1 is 1.43 bits per heavy atom. The lowest BCUT2D eigenvalue weighted by Crippen LogP contribution is -2.45. The van der Waals surface area contributed by atoms with Crippen LogP contribution in [0.15, 0.2) is 24.5 Å². The summed E-state index contributed by atoms with van der Waals surface area (Å²) < 4.78 is 15.3. The fraction of sp³-hybridized carbons (Fsp3) is 0.400. The van der Waals surface area contributed by atoms with E-state index in [0.29, 0.717) is 0 Å². The normalized spacial score (nSPS) is 17.3. The summed E-state index contributed by atoms with van der Waals surface area (Å²) in [6, 6.07) is 3.11. The van der Waals surface area contributed by atoms with Crippen LogP contribution in [0.2, 0.25) is 5.02 Å². The van der Waals surface area contributed by atoms with Gasteiger partial charge in [0, 0.05) is 38.1 Å². The van der Waals surface area contributed by atoms with E-state index in [1.54, 1.807) is 24.2 Å². The van der Waals surface area contributed by atoms with Gasteiger partial charge in [-0.2, -0.15) is 9.49 Å². The lowest BCUT2D eigenvalue weighted by Gasteiger charge is -2.38. The Morgan fingerprint density at radius 2 is 2.13 bits per heavy atom. The maximum atomic E-state index is 13.8. The van der Waals surface area contributed by atoms with Crippen molar-refractivity contribution in [3.05, 3.63) is 46.8 Å². The molecule has 1 fully saturated rings. The van der Waals surface area contributed by atoms with Gasteiger partial charge in [-0.05, 0) is 18.9 Å². The number of amides is 1. The highest BCUT2D eigenvalue weighted by atomic mass is 35.5. The summed E-state index contributed by atoms with van der Waals surface area (Å²) in [4.78, 5) is 17.6. The van der Waals surface area contributed by atoms with Crippen LogP contribution in [0.25, 0.3) is 0 Å². The van der Waals surface area contributed by atoms with Crippen molar-refractivity contribution in [3.8, 4) is 0 Å². The predicted octanol–water partition coefficient (Wildman–Crippen LogP) is 1.73. The van der Waals surface area contributed by atoms with E-state index in [0.717, 1.165) is 0 Å². The first-order valence-electron chi connectivity index (χ1n) is 7.22. The van der Waals surface area contributed by atoms with E-state index in [1.807, 2.05) is 0 Å². The monoisotopic (exact) mass is 338 g/mol. The number of hydrogen-bond donors (Lipinski definition) is 1. The topological polar surface area (TPSA) is 71.2 Å². The Hall–Kier alpha value is -1.99. The number of aliphatic hydroxyl groups is 1. The van der Waals surface area contributed by atoms with E-state index in [9.17, 15) is 14.3 Å². The quantitative estimate of drug-likeness (QED) is 0.847. The molecular formula is C15H16ClFN4O2. The molecule has 0 unspecified atom stereocenters. The number of pyridine rings is 1. The fourth-order valence-corrected chi connectivity index (χ4v) is 3.10. The molecule has 3 rings (SSSR count). The maximum absolute atomic E-state index is 13.8. The summed E-state index contributed by atoms with van der Waals surface area (Å²) in [5.41, 5.74) is -0.960. The third-order valence-electron chi connectivity index (χ3n) is 4.12. The number of halogens is 2. The highest BCUT2D eigenvalue weighted by Gasteiger charge is 2.38. The van der Waals surface area contributed by atoms with Gasteiger partial charge in [-0.1, -0.05) is 17.7 Å². The van der Waals surface area contributed by atoms with Gasteiger partial charge >= 0.3 is 0 Å². The molecule has 3 heterocycles. The van der Waals surface area contributed by atoms with Crippen LogP contribution in [0.5, 0.6) is 0 Å². The summed E-state index contributed by atoms with van der Waals surface area (Å²) in [5.74, 6) is -0.966. The SMILES string of the molecule is Cn1cc(Cl)c(C(=O)N2CCC(O)(c3cccnc3F)CC2)n1. The number of carbonyl (C=O) groups is 1. The molecule has 1 N–H and O–H groups in total. The van der Waals surface area contributed by atoms with Gasteiger partial charge in [0.25, 0.3) is 5.91 Å². The molecule has 1 amide bonds. The average Bonchev–Trinajstić information content (AvgIpc) is 2.86. The van der Waals surface area contributed by atoms with Crippen LogP contribution in [0.3, 0.4) is 0 Å². The van der Waals surface area contributed by atoms with Crippen molar-refractivity contribution in [2.24, 2.45) is 7.05 Å². The number of rotatable bonds is 2. The number of aromatic nitrogens is 3.